The van der Waals surface area contributed by atoms with Gasteiger partial charge in [-0.1, -0.05) is 6.08 Å². The molecule has 2 heterocycles. The molecule has 1 aromatic rings. The lowest BCUT2D eigenvalue weighted by atomic mass is 10.2. The minimum Gasteiger partial charge on any atom is -0.459 e. The molecule has 1 aromatic heterocycles. The van der Waals surface area contributed by atoms with Crippen LogP contribution in [0.3, 0.4) is 0 Å². The topological polar surface area (TPSA) is 44.7 Å². The third-order valence-electron chi connectivity index (χ3n) is 4.72. The lowest BCUT2D eigenvalue weighted by Gasteiger charge is -2.26. The van der Waals surface area contributed by atoms with Crippen molar-refractivity contribution in [2.24, 2.45) is 0 Å². The summed E-state index contributed by atoms with van der Waals surface area (Å²) in [6.45, 7) is 12.3. The molecule has 0 aliphatic carbocycles. The molecular weight excluding hydrogens is 314 g/mol. The van der Waals surface area contributed by atoms with Crippen molar-refractivity contribution >= 4 is 5.82 Å². The number of nitrogens with zero attached hydrogens (tertiary/aromatic N) is 5. The fourth-order valence-corrected chi connectivity index (χ4v) is 2.97. The fourth-order valence-electron chi connectivity index (χ4n) is 2.97. The van der Waals surface area contributed by atoms with E-state index >= 15 is 0 Å². The van der Waals surface area contributed by atoms with E-state index < -0.39 is 0 Å². The Labute approximate surface area is 152 Å². The van der Waals surface area contributed by atoms with Gasteiger partial charge in [0.15, 0.2) is 0 Å². The van der Waals surface area contributed by atoms with E-state index in [0.717, 1.165) is 51.4 Å². The van der Waals surface area contributed by atoms with Crippen LogP contribution in [0.25, 0.3) is 0 Å². The third kappa shape index (κ3) is 6.63. The van der Waals surface area contributed by atoms with Gasteiger partial charge in [-0.2, -0.15) is 4.98 Å². The molecule has 25 heavy (non-hydrogen) atoms. The van der Waals surface area contributed by atoms with Gasteiger partial charge < -0.3 is 14.5 Å². The summed E-state index contributed by atoms with van der Waals surface area (Å²) in [5.74, 6) is 0.895. The first kappa shape index (κ1) is 19.7. The van der Waals surface area contributed by atoms with Gasteiger partial charge in [0.1, 0.15) is 11.9 Å². The van der Waals surface area contributed by atoms with Crippen LogP contribution in [0.1, 0.15) is 26.2 Å². The van der Waals surface area contributed by atoms with E-state index in [0.29, 0.717) is 6.01 Å². The van der Waals surface area contributed by atoms with Gasteiger partial charge in [-0.3, -0.25) is 4.90 Å². The minimum absolute atomic E-state index is 0.0867. The zero-order valence-corrected chi connectivity index (χ0v) is 16.0. The first-order valence-corrected chi connectivity index (χ1v) is 9.35. The first-order chi connectivity index (χ1) is 12.1. The van der Waals surface area contributed by atoms with Gasteiger partial charge in [-0.25, -0.2) is 4.98 Å². The van der Waals surface area contributed by atoms with Crippen LogP contribution in [0.4, 0.5) is 5.82 Å². The summed E-state index contributed by atoms with van der Waals surface area (Å²) in [7, 11) is 4.22. The van der Waals surface area contributed by atoms with Crippen molar-refractivity contribution in [3.63, 3.8) is 0 Å². The highest BCUT2D eigenvalue weighted by atomic mass is 16.5. The molecule has 1 aliphatic heterocycles. The van der Waals surface area contributed by atoms with E-state index in [4.69, 9.17) is 4.74 Å². The summed E-state index contributed by atoms with van der Waals surface area (Å²) in [5.41, 5.74) is 0. The molecule has 1 aliphatic rings. The van der Waals surface area contributed by atoms with Crippen molar-refractivity contribution < 1.29 is 4.74 Å². The van der Waals surface area contributed by atoms with Crippen LogP contribution in [0, 0.1) is 0 Å². The van der Waals surface area contributed by atoms with Crippen LogP contribution in [0.5, 0.6) is 6.01 Å². The molecule has 0 spiro atoms. The standard InChI is InChI=1S/C19H33N5O/c1-5-7-9-17(16-24-13-8-12-22(3)14-15-24)25-19-20-11-10-18(21-19)23(4)6-2/h5,10-11,17H,1,6-9,12-16H2,2-4H3/t17-/m0/s1. The Balaban J connectivity index is 2.00. The predicted molar refractivity (Wildman–Crippen MR) is 103 cm³/mol. The van der Waals surface area contributed by atoms with Gasteiger partial charge in [0, 0.05) is 39.4 Å². The molecule has 0 unspecified atom stereocenters. The number of rotatable bonds is 9. The summed E-state index contributed by atoms with van der Waals surface area (Å²) < 4.78 is 6.17. The van der Waals surface area contributed by atoms with E-state index in [1.54, 1.807) is 6.20 Å². The molecule has 6 nitrogen and oxygen atoms in total. The summed E-state index contributed by atoms with van der Waals surface area (Å²) in [6.07, 6.45) is 6.89. The lowest BCUT2D eigenvalue weighted by molar-refractivity contribution is 0.118. The number of likely N-dealkylation sites (N-methyl/N-ethyl adjacent to an activating group) is 1. The first-order valence-electron chi connectivity index (χ1n) is 9.35. The third-order valence-corrected chi connectivity index (χ3v) is 4.72. The zero-order valence-electron chi connectivity index (χ0n) is 16.0. The van der Waals surface area contributed by atoms with Crippen molar-refractivity contribution in [2.45, 2.75) is 32.3 Å². The number of aromatic nitrogens is 2. The molecular formula is C19H33N5O. The fraction of sp³-hybridized carbons (Fsp3) is 0.684. The highest BCUT2D eigenvalue weighted by molar-refractivity contribution is 5.36. The van der Waals surface area contributed by atoms with Crippen molar-refractivity contribution in [1.29, 1.82) is 0 Å². The Kier molecular flexibility index (Phi) is 8.15. The number of allylic oxidation sites excluding steroid dienone is 1. The molecule has 1 atom stereocenters. The van der Waals surface area contributed by atoms with E-state index in [9.17, 15) is 0 Å². The average molecular weight is 348 g/mol. The Morgan fingerprint density at radius 2 is 2.20 bits per heavy atom. The highest BCUT2D eigenvalue weighted by Gasteiger charge is 2.19. The Morgan fingerprint density at radius 3 is 2.96 bits per heavy atom. The summed E-state index contributed by atoms with van der Waals surface area (Å²) in [4.78, 5) is 15.8. The van der Waals surface area contributed by atoms with Gasteiger partial charge in [-0.05, 0) is 52.4 Å². The van der Waals surface area contributed by atoms with Crippen LogP contribution in [-0.4, -0.2) is 79.2 Å². The summed E-state index contributed by atoms with van der Waals surface area (Å²) in [6, 6.07) is 2.39. The Bertz CT molecular complexity index is 524. The van der Waals surface area contributed by atoms with Crippen LogP contribution in [0.2, 0.25) is 0 Å². The molecule has 1 fully saturated rings. The van der Waals surface area contributed by atoms with Gasteiger partial charge >= 0.3 is 6.01 Å². The molecule has 0 radical (unpaired) electrons. The normalized spacial score (nSPS) is 17.7. The minimum atomic E-state index is 0.0867. The lowest BCUT2D eigenvalue weighted by Crippen LogP contribution is -2.38. The van der Waals surface area contributed by atoms with Crippen LogP contribution >= 0.6 is 0 Å². The molecule has 140 valence electrons. The predicted octanol–water partition coefficient (Wildman–Crippen LogP) is 2.28. The van der Waals surface area contributed by atoms with Crippen LogP contribution < -0.4 is 9.64 Å². The highest BCUT2D eigenvalue weighted by Crippen LogP contribution is 2.15. The largest absolute Gasteiger partial charge is 0.459 e. The molecule has 0 aromatic carbocycles. The smallest absolute Gasteiger partial charge is 0.318 e. The monoisotopic (exact) mass is 347 g/mol. The van der Waals surface area contributed by atoms with Gasteiger partial charge in [0.25, 0.3) is 0 Å². The zero-order chi connectivity index (χ0) is 18.1. The number of ether oxygens (including phenoxy) is 1. The summed E-state index contributed by atoms with van der Waals surface area (Å²) in [5, 5.41) is 0. The van der Waals surface area contributed by atoms with E-state index in [-0.39, 0.29) is 6.10 Å². The van der Waals surface area contributed by atoms with Crippen molar-refractivity contribution in [1.82, 2.24) is 19.8 Å². The van der Waals surface area contributed by atoms with Crippen molar-refractivity contribution in [2.75, 3.05) is 58.3 Å². The van der Waals surface area contributed by atoms with Gasteiger partial charge in [-0.15, -0.1) is 6.58 Å². The van der Waals surface area contributed by atoms with Gasteiger partial charge in [0.05, 0.1) is 0 Å². The maximum Gasteiger partial charge on any atom is 0.318 e. The second-order valence-corrected chi connectivity index (χ2v) is 6.77. The molecule has 1 saturated heterocycles. The SMILES string of the molecule is C=CCC[C@@H](CN1CCCN(C)CC1)Oc1nccc(N(C)CC)n1. The van der Waals surface area contributed by atoms with E-state index in [1.807, 2.05) is 19.2 Å². The molecule has 0 bridgehead atoms. The average Bonchev–Trinajstić information content (AvgIpc) is 2.83. The molecule has 0 amide bonds. The second kappa shape index (κ2) is 10.4. The van der Waals surface area contributed by atoms with Crippen LogP contribution in [-0.2, 0) is 0 Å². The van der Waals surface area contributed by atoms with E-state index in [2.05, 4.69) is 45.2 Å². The molecule has 6 heteroatoms. The number of hydrogen-bond donors (Lipinski definition) is 0. The summed E-state index contributed by atoms with van der Waals surface area (Å²) >= 11 is 0. The van der Waals surface area contributed by atoms with E-state index in [1.165, 1.54) is 13.0 Å². The molecule has 2 rings (SSSR count). The molecule has 0 N–H and O–H groups in total. The van der Waals surface area contributed by atoms with Crippen molar-refractivity contribution in [3.8, 4) is 6.01 Å². The quantitative estimate of drug-likeness (QED) is 0.639. The number of hydrogen-bond acceptors (Lipinski definition) is 6. The van der Waals surface area contributed by atoms with Crippen molar-refractivity contribution in [3.05, 3.63) is 24.9 Å². The number of anilines is 1. The second-order valence-electron chi connectivity index (χ2n) is 6.77. The van der Waals surface area contributed by atoms with Crippen LogP contribution in [0.15, 0.2) is 24.9 Å². The molecule has 0 saturated carbocycles. The maximum atomic E-state index is 6.17. The van der Waals surface area contributed by atoms with Gasteiger partial charge in [0.2, 0.25) is 0 Å². The maximum absolute atomic E-state index is 6.17. The Morgan fingerprint density at radius 1 is 1.36 bits per heavy atom. The Hall–Kier alpha value is -1.66.